The number of nitrogens with zero attached hydrogens (tertiary/aromatic N) is 1. The van der Waals surface area contributed by atoms with Crippen molar-refractivity contribution in [2.24, 2.45) is 0 Å². The van der Waals surface area contributed by atoms with Crippen LogP contribution in [0.4, 0.5) is 0 Å². The number of β-amino-alcohol motifs (C(OH)–C–C–N with tert-alkyl or cyclic N) is 1. The molecule has 1 aromatic heterocycles. The van der Waals surface area contributed by atoms with Crippen LogP contribution in [-0.4, -0.2) is 63.3 Å². The van der Waals surface area contributed by atoms with Crippen LogP contribution in [0.25, 0.3) is 10.9 Å². The van der Waals surface area contributed by atoms with Crippen molar-refractivity contribution in [3.63, 3.8) is 0 Å². The molecule has 0 aliphatic carbocycles. The summed E-state index contributed by atoms with van der Waals surface area (Å²) >= 11 is 6.02. The number of carbonyl (C=O) groups excluding carboxylic acids is 2. The van der Waals surface area contributed by atoms with Crippen LogP contribution in [0.2, 0.25) is 5.02 Å². The first-order valence-electron chi connectivity index (χ1n) is 10.2. The molecule has 7 nitrogen and oxygen atoms in total. The SMILES string of the molecule is O=C(NC(Cc1ccccc1)C(O)C(=O)N1CCC(O)C1)c1cc2cc(Cl)ccc2[nH]1. The first kappa shape index (κ1) is 21.4. The number of aliphatic hydroxyl groups excluding tert-OH is 2. The van der Waals surface area contributed by atoms with Crippen molar-refractivity contribution in [3.8, 4) is 0 Å². The van der Waals surface area contributed by atoms with Crippen molar-refractivity contribution in [2.45, 2.75) is 31.1 Å². The maximum Gasteiger partial charge on any atom is 0.268 e. The van der Waals surface area contributed by atoms with Crippen molar-refractivity contribution < 1.29 is 19.8 Å². The summed E-state index contributed by atoms with van der Waals surface area (Å²) in [6.07, 6.45) is -1.27. The van der Waals surface area contributed by atoms with Crippen LogP contribution in [0.15, 0.2) is 54.6 Å². The van der Waals surface area contributed by atoms with Gasteiger partial charge in [-0.05, 0) is 42.7 Å². The number of aromatic nitrogens is 1. The summed E-state index contributed by atoms with van der Waals surface area (Å²) in [6.45, 7) is 0.566. The lowest BCUT2D eigenvalue weighted by Crippen LogP contribution is -2.52. The number of halogens is 1. The Bertz CT molecular complexity index is 1080. The van der Waals surface area contributed by atoms with E-state index >= 15 is 0 Å². The highest BCUT2D eigenvalue weighted by molar-refractivity contribution is 6.31. The number of likely N-dealkylation sites (tertiary alicyclic amines) is 1. The molecule has 162 valence electrons. The average molecular weight is 442 g/mol. The standard InChI is InChI=1S/C23H24ClN3O4/c24-16-6-7-18-15(11-16)12-20(25-18)22(30)26-19(10-14-4-2-1-3-5-14)21(29)23(31)27-9-8-17(28)13-27/h1-7,11-12,17,19,21,25,28-29H,8-10,13H2,(H,26,30). The minimum atomic E-state index is -1.44. The highest BCUT2D eigenvalue weighted by Crippen LogP contribution is 2.21. The molecular formula is C23H24ClN3O4. The molecule has 3 aromatic rings. The van der Waals surface area contributed by atoms with Crippen LogP contribution in [0.3, 0.4) is 0 Å². The van der Waals surface area contributed by atoms with E-state index < -0.39 is 30.1 Å². The normalized spacial score (nSPS) is 18.2. The van der Waals surface area contributed by atoms with E-state index in [1.165, 1.54) is 4.90 Å². The molecule has 1 aliphatic heterocycles. The largest absolute Gasteiger partial charge is 0.391 e. The zero-order valence-corrected chi connectivity index (χ0v) is 17.5. The van der Waals surface area contributed by atoms with Gasteiger partial charge in [-0.2, -0.15) is 0 Å². The molecule has 8 heteroatoms. The minimum absolute atomic E-state index is 0.185. The van der Waals surface area contributed by atoms with Gasteiger partial charge < -0.3 is 25.4 Å². The van der Waals surface area contributed by atoms with Crippen molar-refractivity contribution in [1.29, 1.82) is 0 Å². The topological polar surface area (TPSA) is 106 Å². The second kappa shape index (κ2) is 9.09. The van der Waals surface area contributed by atoms with Gasteiger partial charge in [0.1, 0.15) is 5.69 Å². The number of aromatic amines is 1. The van der Waals surface area contributed by atoms with Gasteiger partial charge in [0.2, 0.25) is 0 Å². The maximum atomic E-state index is 12.9. The first-order chi connectivity index (χ1) is 14.9. The monoisotopic (exact) mass is 441 g/mol. The molecule has 0 saturated carbocycles. The van der Waals surface area contributed by atoms with E-state index in [0.717, 1.165) is 16.5 Å². The number of hydrogen-bond donors (Lipinski definition) is 4. The van der Waals surface area contributed by atoms with E-state index in [4.69, 9.17) is 11.6 Å². The fraction of sp³-hybridized carbons (Fsp3) is 0.304. The zero-order valence-electron chi connectivity index (χ0n) is 16.8. The van der Waals surface area contributed by atoms with E-state index in [9.17, 15) is 19.8 Å². The maximum absolute atomic E-state index is 12.9. The van der Waals surface area contributed by atoms with Gasteiger partial charge in [0.15, 0.2) is 6.10 Å². The molecule has 2 amide bonds. The number of carbonyl (C=O) groups is 2. The summed E-state index contributed by atoms with van der Waals surface area (Å²) in [6, 6.07) is 15.5. The second-order valence-corrected chi connectivity index (χ2v) is 8.29. The van der Waals surface area contributed by atoms with Crippen LogP contribution >= 0.6 is 11.6 Å². The summed E-state index contributed by atoms with van der Waals surface area (Å²) in [5, 5.41) is 24.7. The van der Waals surface area contributed by atoms with Gasteiger partial charge in [0.05, 0.1) is 12.1 Å². The molecule has 0 spiro atoms. The van der Waals surface area contributed by atoms with Crippen LogP contribution < -0.4 is 5.32 Å². The van der Waals surface area contributed by atoms with Gasteiger partial charge in [-0.15, -0.1) is 0 Å². The molecule has 0 radical (unpaired) electrons. The third-order valence-corrected chi connectivity index (χ3v) is 5.79. The highest BCUT2D eigenvalue weighted by atomic mass is 35.5. The Morgan fingerprint density at radius 2 is 1.97 bits per heavy atom. The van der Waals surface area contributed by atoms with E-state index in [1.54, 1.807) is 24.3 Å². The fourth-order valence-electron chi connectivity index (χ4n) is 3.88. The molecule has 1 saturated heterocycles. The van der Waals surface area contributed by atoms with Crippen LogP contribution in [0, 0.1) is 0 Å². The molecule has 31 heavy (non-hydrogen) atoms. The van der Waals surface area contributed by atoms with Crippen molar-refractivity contribution >= 4 is 34.3 Å². The second-order valence-electron chi connectivity index (χ2n) is 7.86. The summed E-state index contributed by atoms with van der Waals surface area (Å²) in [5.41, 5.74) is 1.95. The van der Waals surface area contributed by atoms with Crippen molar-refractivity contribution in [1.82, 2.24) is 15.2 Å². The summed E-state index contributed by atoms with van der Waals surface area (Å²) in [5.74, 6) is -0.928. The molecule has 1 fully saturated rings. The van der Waals surface area contributed by atoms with Gasteiger partial charge in [-0.3, -0.25) is 9.59 Å². The molecule has 0 bridgehead atoms. The van der Waals surface area contributed by atoms with Gasteiger partial charge >= 0.3 is 0 Å². The van der Waals surface area contributed by atoms with Gasteiger partial charge in [0.25, 0.3) is 11.8 Å². The number of hydrogen-bond acceptors (Lipinski definition) is 4. The molecule has 3 unspecified atom stereocenters. The van der Waals surface area contributed by atoms with Gasteiger partial charge in [-0.1, -0.05) is 41.9 Å². The molecule has 1 aliphatic rings. The minimum Gasteiger partial charge on any atom is -0.391 e. The van der Waals surface area contributed by atoms with Crippen LogP contribution in [-0.2, 0) is 11.2 Å². The number of rotatable bonds is 6. The quantitative estimate of drug-likeness (QED) is 0.470. The number of H-pyrrole nitrogens is 1. The first-order valence-corrected chi connectivity index (χ1v) is 10.6. The average Bonchev–Trinajstić information content (AvgIpc) is 3.38. The van der Waals surface area contributed by atoms with E-state index in [-0.39, 0.29) is 13.0 Å². The lowest BCUT2D eigenvalue weighted by Gasteiger charge is -2.27. The highest BCUT2D eigenvalue weighted by Gasteiger charge is 2.34. The molecule has 3 atom stereocenters. The summed E-state index contributed by atoms with van der Waals surface area (Å²) in [4.78, 5) is 30.2. The summed E-state index contributed by atoms with van der Waals surface area (Å²) in [7, 11) is 0. The lowest BCUT2D eigenvalue weighted by molar-refractivity contribution is -0.140. The van der Waals surface area contributed by atoms with E-state index in [1.807, 2.05) is 30.3 Å². The zero-order chi connectivity index (χ0) is 22.0. The number of amides is 2. The summed E-state index contributed by atoms with van der Waals surface area (Å²) < 4.78 is 0. The molecule has 4 N–H and O–H groups in total. The van der Waals surface area contributed by atoms with Crippen LogP contribution in [0.1, 0.15) is 22.5 Å². The third-order valence-electron chi connectivity index (χ3n) is 5.55. The van der Waals surface area contributed by atoms with Gasteiger partial charge in [-0.25, -0.2) is 0 Å². The fourth-order valence-corrected chi connectivity index (χ4v) is 4.06. The number of fused-ring (bicyclic) bond motifs is 1. The Labute approximate surface area is 184 Å². The Hall–Kier alpha value is -2.87. The van der Waals surface area contributed by atoms with E-state index in [2.05, 4.69) is 10.3 Å². The van der Waals surface area contributed by atoms with Crippen LogP contribution in [0.5, 0.6) is 0 Å². The third kappa shape index (κ3) is 4.90. The number of aliphatic hydroxyl groups is 2. The molecule has 2 aromatic carbocycles. The van der Waals surface area contributed by atoms with Gasteiger partial charge in [0, 0.05) is 29.0 Å². The van der Waals surface area contributed by atoms with Crippen molar-refractivity contribution in [3.05, 3.63) is 70.9 Å². The Kier molecular flexibility index (Phi) is 6.27. The molecule has 2 heterocycles. The Morgan fingerprint density at radius 3 is 2.68 bits per heavy atom. The molecular weight excluding hydrogens is 418 g/mol. The lowest BCUT2D eigenvalue weighted by atomic mass is 10.00. The number of benzene rings is 2. The smallest absolute Gasteiger partial charge is 0.268 e. The molecule has 4 rings (SSSR count). The Balaban J connectivity index is 1.55. The number of nitrogens with one attached hydrogen (secondary N) is 2. The Morgan fingerprint density at radius 1 is 1.19 bits per heavy atom. The van der Waals surface area contributed by atoms with Crippen molar-refractivity contribution in [2.75, 3.05) is 13.1 Å². The predicted octanol–water partition coefficient (Wildman–Crippen LogP) is 2.12. The van der Waals surface area contributed by atoms with E-state index in [0.29, 0.717) is 23.7 Å². The predicted molar refractivity (Wildman–Crippen MR) is 118 cm³/mol.